The Morgan fingerprint density at radius 1 is 1.00 bits per heavy atom. The van der Waals surface area contributed by atoms with Crippen LogP contribution in [-0.2, 0) is 4.74 Å². The molecule has 1 aliphatic carbocycles. The molecular weight excluding hydrogens is 222 g/mol. The molecule has 4 atom stereocenters. The third kappa shape index (κ3) is 4.55. The summed E-state index contributed by atoms with van der Waals surface area (Å²) in [5, 5.41) is 3.76. The van der Waals surface area contributed by atoms with Crippen molar-refractivity contribution in [2.75, 3.05) is 6.54 Å². The first kappa shape index (κ1) is 14.3. The van der Waals surface area contributed by atoms with Gasteiger partial charge in [0.1, 0.15) is 0 Å². The summed E-state index contributed by atoms with van der Waals surface area (Å²) in [6.45, 7) is 8.03. The Kier molecular flexibility index (Phi) is 5.50. The fourth-order valence-electron chi connectivity index (χ4n) is 3.89. The van der Waals surface area contributed by atoms with Gasteiger partial charge in [0.05, 0.1) is 12.2 Å². The Hall–Kier alpha value is -0.0800. The van der Waals surface area contributed by atoms with Gasteiger partial charge in [-0.3, -0.25) is 0 Å². The van der Waals surface area contributed by atoms with Gasteiger partial charge in [-0.1, -0.05) is 26.2 Å². The van der Waals surface area contributed by atoms with Crippen LogP contribution in [0.3, 0.4) is 0 Å². The molecule has 0 aromatic carbocycles. The van der Waals surface area contributed by atoms with E-state index in [2.05, 4.69) is 26.1 Å². The molecule has 1 aliphatic heterocycles. The SMILES string of the molecule is CC1CCCC(CCNC2CC(C)OC(C)C2)C1. The minimum atomic E-state index is 0.431. The lowest BCUT2D eigenvalue weighted by Gasteiger charge is -2.33. The summed E-state index contributed by atoms with van der Waals surface area (Å²) in [5.74, 6) is 1.95. The highest BCUT2D eigenvalue weighted by atomic mass is 16.5. The van der Waals surface area contributed by atoms with Gasteiger partial charge in [0.15, 0.2) is 0 Å². The van der Waals surface area contributed by atoms with Gasteiger partial charge >= 0.3 is 0 Å². The Morgan fingerprint density at radius 3 is 2.39 bits per heavy atom. The summed E-state index contributed by atoms with van der Waals surface area (Å²) in [6, 6.07) is 0.685. The van der Waals surface area contributed by atoms with Crippen LogP contribution in [0.25, 0.3) is 0 Å². The van der Waals surface area contributed by atoms with E-state index in [1.807, 2.05) is 0 Å². The molecule has 2 rings (SSSR count). The molecule has 0 aromatic heterocycles. The van der Waals surface area contributed by atoms with Gasteiger partial charge in [-0.15, -0.1) is 0 Å². The number of ether oxygens (including phenoxy) is 1. The highest BCUT2D eigenvalue weighted by Gasteiger charge is 2.24. The van der Waals surface area contributed by atoms with Gasteiger partial charge in [-0.05, 0) is 57.9 Å². The van der Waals surface area contributed by atoms with Crippen LogP contribution in [0.15, 0.2) is 0 Å². The largest absolute Gasteiger partial charge is 0.375 e. The number of rotatable bonds is 4. The van der Waals surface area contributed by atoms with Crippen LogP contribution in [0.1, 0.15) is 65.7 Å². The smallest absolute Gasteiger partial charge is 0.0565 e. The standard InChI is InChI=1S/C16H31NO/c1-12-5-4-6-15(9-12)7-8-17-16-10-13(2)18-14(3)11-16/h12-17H,4-11H2,1-3H3. The van der Waals surface area contributed by atoms with Crippen molar-refractivity contribution in [3.05, 3.63) is 0 Å². The van der Waals surface area contributed by atoms with E-state index in [9.17, 15) is 0 Å². The van der Waals surface area contributed by atoms with Crippen LogP contribution in [0.5, 0.6) is 0 Å². The lowest BCUT2D eigenvalue weighted by Crippen LogP contribution is -2.42. The van der Waals surface area contributed by atoms with Crippen LogP contribution < -0.4 is 5.32 Å². The van der Waals surface area contributed by atoms with Crippen molar-refractivity contribution < 1.29 is 4.74 Å². The molecule has 2 fully saturated rings. The Morgan fingerprint density at radius 2 is 1.72 bits per heavy atom. The minimum absolute atomic E-state index is 0.431. The second-order valence-corrected chi connectivity index (χ2v) is 6.81. The maximum absolute atomic E-state index is 5.79. The summed E-state index contributed by atoms with van der Waals surface area (Å²) in [6.07, 6.45) is 10.5. The lowest BCUT2D eigenvalue weighted by atomic mass is 9.81. The molecule has 2 nitrogen and oxygen atoms in total. The monoisotopic (exact) mass is 253 g/mol. The molecule has 1 heterocycles. The summed E-state index contributed by atoms with van der Waals surface area (Å²) >= 11 is 0. The predicted octanol–water partition coefficient (Wildman–Crippen LogP) is 3.75. The Labute approximate surface area is 113 Å². The van der Waals surface area contributed by atoms with E-state index in [0.29, 0.717) is 18.2 Å². The Bertz CT molecular complexity index is 233. The third-order valence-corrected chi connectivity index (χ3v) is 4.73. The molecule has 2 aliphatic rings. The molecule has 1 saturated carbocycles. The predicted molar refractivity (Wildman–Crippen MR) is 76.8 cm³/mol. The van der Waals surface area contributed by atoms with Gasteiger partial charge in [0.25, 0.3) is 0 Å². The highest BCUT2D eigenvalue weighted by Crippen LogP contribution is 2.30. The van der Waals surface area contributed by atoms with Crippen molar-refractivity contribution in [2.24, 2.45) is 11.8 Å². The van der Waals surface area contributed by atoms with Crippen LogP contribution in [-0.4, -0.2) is 24.8 Å². The first-order valence-electron chi connectivity index (χ1n) is 8.02. The molecule has 0 amide bonds. The van der Waals surface area contributed by atoms with Gasteiger partial charge in [0, 0.05) is 6.04 Å². The molecule has 0 aromatic rings. The molecule has 1 N–H and O–H groups in total. The van der Waals surface area contributed by atoms with Crippen molar-refractivity contribution in [3.63, 3.8) is 0 Å². The van der Waals surface area contributed by atoms with Crippen molar-refractivity contribution in [1.82, 2.24) is 5.32 Å². The lowest BCUT2D eigenvalue weighted by molar-refractivity contribution is -0.0421. The normalized spacial score (nSPS) is 41.8. The van der Waals surface area contributed by atoms with E-state index >= 15 is 0 Å². The quantitative estimate of drug-likeness (QED) is 0.824. The van der Waals surface area contributed by atoms with Gasteiger partial charge in [-0.2, -0.15) is 0 Å². The molecule has 2 heteroatoms. The summed E-state index contributed by atoms with van der Waals surface area (Å²) < 4.78 is 5.79. The fourth-order valence-corrected chi connectivity index (χ4v) is 3.89. The zero-order chi connectivity index (χ0) is 13.0. The number of hydrogen-bond donors (Lipinski definition) is 1. The summed E-state index contributed by atoms with van der Waals surface area (Å²) in [4.78, 5) is 0. The molecule has 0 spiro atoms. The zero-order valence-corrected chi connectivity index (χ0v) is 12.5. The highest BCUT2D eigenvalue weighted by molar-refractivity contribution is 4.79. The van der Waals surface area contributed by atoms with Crippen LogP contribution in [0.2, 0.25) is 0 Å². The zero-order valence-electron chi connectivity index (χ0n) is 12.5. The maximum Gasteiger partial charge on any atom is 0.0565 e. The second-order valence-electron chi connectivity index (χ2n) is 6.81. The molecule has 106 valence electrons. The molecule has 0 bridgehead atoms. The summed E-state index contributed by atoms with van der Waals surface area (Å²) in [5.41, 5.74) is 0. The minimum Gasteiger partial charge on any atom is -0.375 e. The van der Waals surface area contributed by atoms with Crippen molar-refractivity contribution in [3.8, 4) is 0 Å². The van der Waals surface area contributed by atoms with Gasteiger partial charge in [-0.25, -0.2) is 0 Å². The molecule has 4 unspecified atom stereocenters. The van der Waals surface area contributed by atoms with Crippen molar-refractivity contribution in [1.29, 1.82) is 0 Å². The van der Waals surface area contributed by atoms with Crippen molar-refractivity contribution in [2.45, 2.75) is 84.0 Å². The Balaban J connectivity index is 1.62. The van der Waals surface area contributed by atoms with E-state index in [4.69, 9.17) is 4.74 Å². The molecule has 1 saturated heterocycles. The topological polar surface area (TPSA) is 21.3 Å². The number of nitrogens with one attached hydrogen (secondary N) is 1. The van der Waals surface area contributed by atoms with E-state index in [-0.39, 0.29) is 0 Å². The van der Waals surface area contributed by atoms with E-state index in [0.717, 1.165) is 11.8 Å². The molecule has 0 radical (unpaired) electrons. The fraction of sp³-hybridized carbons (Fsp3) is 1.00. The molecular formula is C16H31NO. The average molecular weight is 253 g/mol. The third-order valence-electron chi connectivity index (χ3n) is 4.73. The first-order chi connectivity index (χ1) is 8.63. The maximum atomic E-state index is 5.79. The van der Waals surface area contributed by atoms with Gasteiger partial charge < -0.3 is 10.1 Å². The van der Waals surface area contributed by atoms with Gasteiger partial charge in [0.2, 0.25) is 0 Å². The summed E-state index contributed by atoms with van der Waals surface area (Å²) in [7, 11) is 0. The van der Waals surface area contributed by atoms with E-state index in [1.54, 1.807) is 0 Å². The second kappa shape index (κ2) is 6.91. The van der Waals surface area contributed by atoms with Crippen LogP contribution >= 0.6 is 0 Å². The van der Waals surface area contributed by atoms with Crippen LogP contribution in [0.4, 0.5) is 0 Å². The molecule has 18 heavy (non-hydrogen) atoms. The number of hydrogen-bond acceptors (Lipinski definition) is 2. The van der Waals surface area contributed by atoms with E-state index in [1.165, 1.54) is 51.5 Å². The average Bonchev–Trinajstić information content (AvgIpc) is 2.27. The van der Waals surface area contributed by atoms with Crippen LogP contribution in [0, 0.1) is 11.8 Å². The first-order valence-corrected chi connectivity index (χ1v) is 8.02. The van der Waals surface area contributed by atoms with E-state index < -0.39 is 0 Å². The van der Waals surface area contributed by atoms with Crippen molar-refractivity contribution >= 4 is 0 Å².